The van der Waals surface area contributed by atoms with Gasteiger partial charge in [0.05, 0.1) is 39.9 Å². The predicted molar refractivity (Wildman–Crippen MR) is 112 cm³/mol. The van der Waals surface area contributed by atoms with E-state index in [1.165, 1.54) is 4.68 Å². The second kappa shape index (κ2) is 10.4. The molecule has 0 aliphatic carbocycles. The fraction of sp³-hybridized carbons (Fsp3) is 0.300. The number of carbonyl (C=O) groups excluding carboxylic acids is 2. The Bertz CT molecular complexity index is 987. The number of aromatic nitrogens is 3. The maximum Gasteiger partial charge on any atom is 0.273 e. The van der Waals surface area contributed by atoms with Crippen molar-refractivity contribution in [1.82, 2.24) is 25.6 Å². The van der Waals surface area contributed by atoms with E-state index in [2.05, 4.69) is 20.9 Å². The lowest BCUT2D eigenvalue weighted by atomic mass is 10.1. The molecule has 2 aromatic heterocycles. The highest BCUT2D eigenvalue weighted by Gasteiger charge is 2.11. The number of benzene rings is 1. The third-order valence-corrected chi connectivity index (χ3v) is 5.13. The molecule has 30 heavy (non-hydrogen) atoms. The van der Waals surface area contributed by atoms with Crippen LogP contribution in [-0.2, 0) is 24.3 Å². The summed E-state index contributed by atoms with van der Waals surface area (Å²) in [5, 5.41) is 15.4. The fourth-order valence-electron chi connectivity index (χ4n) is 2.73. The number of hydrogen-bond acceptors (Lipinski definition) is 7. The first-order chi connectivity index (χ1) is 14.6. The fourth-order valence-corrected chi connectivity index (χ4v) is 3.38. The Hall–Kier alpha value is -3.40. The van der Waals surface area contributed by atoms with Crippen molar-refractivity contribution in [2.75, 3.05) is 20.8 Å². The predicted octanol–water partition coefficient (Wildman–Crippen LogP) is 1.65. The lowest BCUT2D eigenvalue weighted by Gasteiger charge is -2.10. The van der Waals surface area contributed by atoms with Crippen molar-refractivity contribution in [3.05, 3.63) is 58.0 Å². The highest BCUT2D eigenvalue weighted by Crippen LogP contribution is 2.27. The van der Waals surface area contributed by atoms with E-state index in [9.17, 15) is 9.59 Å². The van der Waals surface area contributed by atoms with Crippen LogP contribution in [0.5, 0.6) is 11.5 Å². The molecule has 158 valence electrons. The summed E-state index contributed by atoms with van der Waals surface area (Å²) in [5.41, 5.74) is 1.05. The third kappa shape index (κ3) is 5.80. The molecule has 0 saturated heterocycles. The second-order valence-electron chi connectivity index (χ2n) is 6.34. The van der Waals surface area contributed by atoms with Crippen molar-refractivity contribution in [3.8, 4) is 11.5 Å². The molecule has 0 aliphatic rings. The minimum absolute atomic E-state index is 0.128. The summed E-state index contributed by atoms with van der Waals surface area (Å²) in [6, 6.07) is 9.24. The minimum Gasteiger partial charge on any atom is -0.493 e. The molecule has 2 heterocycles. The van der Waals surface area contributed by atoms with Gasteiger partial charge in [0.15, 0.2) is 17.2 Å². The lowest BCUT2D eigenvalue weighted by molar-refractivity contribution is -0.120. The van der Waals surface area contributed by atoms with Gasteiger partial charge in [-0.1, -0.05) is 17.3 Å². The molecule has 0 spiro atoms. The summed E-state index contributed by atoms with van der Waals surface area (Å²) < 4.78 is 12.0. The van der Waals surface area contributed by atoms with Crippen molar-refractivity contribution in [2.24, 2.45) is 0 Å². The van der Waals surface area contributed by atoms with Crippen LogP contribution in [-0.4, -0.2) is 47.6 Å². The van der Waals surface area contributed by atoms with Gasteiger partial charge in [-0.05, 0) is 29.1 Å². The topological polar surface area (TPSA) is 107 Å². The zero-order chi connectivity index (χ0) is 21.3. The van der Waals surface area contributed by atoms with Crippen LogP contribution >= 0.6 is 11.3 Å². The average molecular weight is 430 g/mol. The van der Waals surface area contributed by atoms with Gasteiger partial charge >= 0.3 is 0 Å². The van der Waals surface area contributed by atoms with E-state index in [1.54, 1.807) is 43.9 Å². The first-order valence-corrected chi connectivity index (χ1v) is 10.2. The van der Waals surface area contributed by atoms with Crippen molar-refractivity contribution < 1.29 is 19.1 Å². The molecule has 0 atom stereocenters. The van der Waals surface area contributed by atoms with Crippen LogP contribution in [0.25, 0.3) is 0 Å². The Morgan fingerprint density at radius 2 is 1.97 bits per heavy atom. The molecule has 0 bridgehead atoms. The summed E-state index contributed by atoms with van der Waals surface area (Å²) >= 11 is 1.57. The summed E-state index contributed by atoms with van der Waals surface area (Å²) in [4.78, 5) is 25.4. The molecule has 0 unspecified atom stereocenters. The van der Waals surface area contributed by atoms with Crippen molar-refractivity contribution in [3.63, 3.8) is 0 Å². The first kappa shape index (κ1) is 21.3. The van der Waals surface area contributed by atoms with Gasteiger partial charge in [0.25, 0.3) is 5.91 Å². The number of ether oxygens (including phenoxy) is 2. The van der Waals surface area contributed by atoms with Crippen molar-refractivity contribution in [1.29, 1.82) is 0 Å². The Kier molecular flexibility index (Phi) is 7.39. The number of carbonyl (C=O) groups is 2. The van der Waals surface area contributed by atoms with Crippen LogP contribution in [0, 0.1) is 0 Å². The second-order valence-corrected chi connectivity index (χ2v) is 7.38. The van der Waals surface area contributed by atoms with E-state index in [-0.39, 0.29) is 23.9 Å². The standard InChI is InChI=1S/C20H23N5O4S/c1-28-17-6-5-14(10-18(17)29-2)11-19(26)21-7-8-25-13-16(23-24-25)20(27)22-12-15-4-3-9-30-15/h3-6,9-10,13H,7-8,11-12H2,1-2H3,(H,21,26)(H,22,27). The molecule has 1 aromatic carbocycles. The van der Waals surface area contributed by atoms with E-state index in [0.717, 1.165) is 10.4 Å². The van der Waals surface area contributed by atoms with E-state index < -0.39 is 0 Å². The van der Waals surface area contributed by atoms with Gasteiger partial charge in [0.1, 0.15) is 0 Å². The normalized spacial score (nSPS) is 10.5. The van der Waals surface area contributed by atoms with Crippen molar-refractivity contribution in [2.45, 2.75) is 19.5 Å². The monoisotopic (exact) mass is 429 g/mol. The summed E-state index contributed by atoms with van der Waals surface area (Å²) in [6.07, 6.45) is 1.78. The zero-order valence-electron chi connectivity index (χ0n) is 16.8. The maximum absolute atomic E-state index is 12.2. The SMILES string of the molecule is COc1ccc(CC(=O)NCCn2cc(C(=O)NCc3cccs3)nn2)cc1OC. The molecular weight excluding hydrogens is 406 g/mol. The van der Waals surface area contributed by atoms with Gasteiger partial charge in [-0.25, -0.2) is 4.68 Å². The highest BCUT2D eigenvalue weighted by molar-refractivity contribution is 7.09. The van der Waals surface area contributed by atoms with Gasteiger partial charge in [-0.3, -0.25) is 9.59 Å². The molecule has 2 N–H and O–H groups in total. The Morgan fingerprint density at radius 1 is 1.13 bits per heavy atom. The van der Waals surface area contributed by atoms with Gasteiger partial charge in [0.2, 0.25) is 5.91 Å². The van der Waals surface area contributed by atoms with Gasteiger partial charge in [-0.2, -0.15) is 0 Å². The summed E-state index contributed by atoms with van der Waals surface area (Å²) in [7, 11) is 3.11. The molecule has 2 amide bonds. The van der Waals surface area contributed by atoms with E-state index in [4.69, 9.17) is 9.47 Å². The molecule has 9 nitrogen and oxygen atoms in total. The Balaban J connectivity index is 1.43. The quantitative estimate of drug-likeness (QED) is 0.507. The van der Waals surface area contributed by atoms with Crippen LogP contribution < -0.4 is 20.1 Å². The number of methoxy groups -OCH3 is 2. The Labute approximate surface area is 178 Å². The number of thiophene rings is 1. The average Bonchev–Trinajstić information content (AvgIpc) is 3.44. The molecular formula is C20H23N5O4S. The van der Waals surface area contributed by atoms with Crippen LogP contribution in [0.2, 0.25) is 0 Å². The molecule has 0 fully saturated rings. The molecule has 3 aromatic rings. The summed E-state index contributed by atoms with van der Waals surface area (Å²) in [5.74, 6) is 0.779. The molecule has 10 heteroatoms. The molecule has 3 rings (SSSR count). The van der Waals surface area contributed by atoms with E-state index in [1.807, 2.05) is 23.6 Å². The van der Waals surface area contributed by atoms with Gasteiger partial charge in [0, 0.05) is 11.4 Å². The van der Waals surface area contributed by atoms with Gasteiger partial charge in [-0.15, -0.1) is 16.4 Å². The minimum atomic E-state index is -0.285. The Morgan fingerprint density at radius 3 is 2.70 bits per heavy atom. The van der Waals surface area contributed by atoms with Crippen LogP contribution in [0.1, 0.15) is 20.9 Å². The first-order valence-electron chi connectivity index (χ1n) is 9.27. The number of nitrogens with zero attached hydrogens (tertiary/aromatic N) is 3. The van der Waals surface area contributed by atoms with Gasteiger partial charge < -0.3 is 20.1 Å². The van der Waals surface area contributed by atoms with E-state index in [0.29, 0.717) is 31.1 Å². The molecule has 0 saturated carbocycles. The number of hydrogen-bond donors (Lipinski definition) is 2. The van der Waals surface area contributed by atoms with Crippen LogP contribution in [0.3, 0.4) is 0 Å². The van der Waals surface area contributed by atoms with E-state index >= 15 is 0 Å². The smallest absolute Gasteiger partial charge is 0.273 e. The molecule has 0 radical (unpaired) electrons. The summed E-state index contributed by atoms with van der Waals surface area (Å²) in [6.45, 7) is 1.23. The third-order valence-electron chi connectivity index (χ3n) is 4.25. The van der Waals surface area contributed by atoms with Crippen LogP contribution in [0.4, 0.5) is 0 Å². The van der Waals surface area contributed by atoms with Crippen molar-refractivity contribution >= 4 is 23.2 Å². The molecule has 0 aliphatic heterocycles. The van der Waals surface area contributed by atoms with Crippen LogP contribution in [0.15, 0.2) is 41.9 Å². The zero-order valence-corrected chi connectivity index (χ0v) is 17.6. The lowest BCUT2D eigenvalue weighted by Crippen LogP contribution is -2.28. The highest BCUT2D eigenvalue weighted by atomic mass is 32.1. The maximum atomic E-state index is 12.2. The number of nitrogens with one attached hydrogen (secondary N) is 2. The number of amides is 2. The number of rotatable bonds is 10. The largest absolute Gasteiger partial charge is 0.493 e.